The van der Waals surface area contributed by atoms with Crippen LogP contribution in [0, 0.1) is 0 Å². The van der Waals surface area contributed by atoms with Gasteiger partial charge in [0, 0.05) is 19.3 Å². The lowest BCUT2D eigenvalue weighted by Crippen LogP contribution is -2.30. The molecule has 0 bridgehead atoms. The molecule has 550 valence electrons. The topological polar surface area (TPSA) is 237 Å². The van der Waals surface area contributed by atoms with Crippen molar-refractivity contribution in [2.45, 2.75) is 303 Å². The van der Waals surface area contributed by atoms with E-state index in [1.54, 1.807) is 6.08 Å². The van der Waals surface area contributed by atoms with Crippen molar-refractivity contribution in [2.75, 3.05) is 39.6 Å². The number of esters is 4. The standard InChI is InChI=1S/C77H130O17P2/c1-5-9-13-17-21-25-29-33-35-39-41-45-49-53-57-61-74(79)87-67-72(93-76(81)63-59-55-51-47-43-37-31-27-23-19-15-11-7-3)69-91-95(83,84)89-65-71(78)66-90-96(85,86)92-70-73(94-77(82)64-60-56-52-48-44-38-32-28-24-20-16-12-8-4)68-88-75(80)62-58-54-50-46-42-40-36-34-30-26-22-18-14-10-6-2/h9-10,13-15,19,21-22,25-27,31,33-36,41,45,53,57,71-73,78H,5-8,11-12,16-18,20,23-24,28-30,32,37-40,42-44,46-52,54-56,58-70H2,1-4H3,(H,83,84)(H,85,86)/b13-9-,14-10-,19-15-,25-21-,26-22-,31-27-,35-33-,36-34-,45-41-,57-53-. The van der Waals surface area contributed by atoms with E-state index < -0.39 is 97.5 Å². The molecule has 0 aliphatic heterocycles. The van der Waals surface area contributed by atoms with E-state index in [4.69, 9.17) is 37.0 Å². The molecule has 0 aromatic carbocycles. The zero-order chi connectivity index (χ0) is 70.4. The van der Waals surface area contributed by atoms with Gasteiger partial charge in [-0.2, -0.15) is 0 Å². The number of unbranched alkanes of at least 4 members (excludes halogenated alkanes) is 23. The molecule has 0 aliphatic rings. The molecule has 0 amide bonds. The van der Waals surface area contributed by atoms with E-state index in [1.807, 2.05) is 18.2 Å². The summed E-state index contributed by atoms with van der Waals surface area (Å²) in [5.74, 6) is -2.36. The van der Waals surface area contributed by atoms with Gasteiger partial charge < -0.3 is 33.8 Å². The Hall–Kier alpha value is -4.54. The first-order valence-corrected chi connectivity index (χ1v) is 39.8. The molecule has 17 nitrogen and oxygen atoms in total. The van der Waals surface area contributed by atoms with Crippen molar-refractivity contribution in [1.29, 1.82) is 0 Å². The zero-order valence-corrected chi connectivity index (χ0v) is 61.5. The number of phosphoric ester groups is 2. The number of carbonyl (C=O) groups is 4. The minimum Gasteiger partial charge on any atom is -0.462 e. The van der Waals surface area contributed by atoms with Crippen molar-refractivity contribution >= 4 is 39.5 Å². The molecule has 0 fully saturated rings. The van der Waals surface area contributed by atoms with Crippen molar-refractivity contribution in [3.8, 4) is 0 Å². The van der Waals surface area contributed by atoms with Crippen molar-refractivity contribution in [3.05, 3.63) is 122 Å². The van der Waals surface area contributed by atoms with Crippen LogP contribution in [-0.2, 0) is 65.4 Å². The second-order valence-electron chi connectivity index (χ2n) is 24.1. The van der Waals surface area contributed by atoms with Crippen LogP contribution in [0.3, 0.4) is 0 Å². The van der Waals surface area contributed by atoms with Crippen molar-refractivity contribution in [2.24, 2.45) is 0 Å². The fraction of sp³-hybridized carbons (Fsp3) is 0.688. The van der Waals surface area contributed by atoms with Gasteiger partial charge in [0.25, 0.3) is 0 Å². The van der Waals surface area contributed by atoms with E-state index >= 15 is 0 Å². The van der Waals surface area contributed by atoms with E-state index in [0.717, 1.165) is 154 Å². The normalized spacial score (nSPS) is 14.7. The van der Waals surface area contributed by atoms with Crippen LogP contribution < -0.4 is 0 Å². The number of allylic oxidation sites excluding steroid dienone is 19. The molecule has 0 saturated heterocycles. The van der Waals surface area contributed by atoms with Crippen LogP contribution in [0.4, 0.5) is 0 Å². The molecule has 5 atom stereocenters. The third-order valence-electron chi connectivity index (χ3n) is 14.9. The summed E-state index contributed by atoms with van der Waals surface area (Å²) in [6.07, 6.45) is 73.7. The van der Waals surface area contributed by atoms with E-state index in [2.05, 4.69) is 125 Å². The van der Waals surface area contributed by atoms with Gasteiger partial charge in [0.1, 0.15) is 19.3 Å². The highest BCUT2D eigenvalue weighted by atomic mass is 31.2. The molecule has 0 spiro atoms. The molecule has 0 aromatic heterocycles. The fourth-order valence-corrected chi connectivity index (χ4v) is 11.0. The van der Waals surface area contributed by atoms with E-state index in [9.17, 15) is 43.2 Å². The van der Waals surface area contributed by atoms with Crippen molar-refractivity contribution in [3.63, 3.8) is 0 Å². The fourth-order valence-electron chi connectivity index (χ4n) is 9.40. The van der Waals surface area contributed by atoms with Gasteiger partial charge in [-0.25, -0.2) is 9.13 Å². The third-order valence-corrected chi connectivity index (χ3v) is 16.8. The lowest BCUT2D eigenvalue weighted by molar-refractivity contribution is -0.161. The molecule has 96 heavy (non-hydrogen) atoms. The Morgan fingerprint density at radius 2 is 0.604 bits per heavy atom. The Balaban J connectivity index is 5.42. The van der Waals surface area contributed by atoms with Crippen LogP contribution in [0.1, 0.15) is 285 Å². The average molecular weight is 1390 g/mol. The molecular formula is C77H130O17P2. The maximum Gasteiger partial charge on any atom is 0.472 e. The predicted octanol–water partition coefficient (Wildman–Crippen LogP) is 20.8. The molecular weight excluding hydrogens is 1260 g/mol. The van der Waals surface area contributed by atoms with Gasteiger partial charge in [-0.05, 0) is 109 Å². The van der Waals surface area contributed by atoms with E-state index in [1.165, 1.54) is 51.4 Å². The monoisotopic (exact) mass is 1390 g/mol. The highest BCUT2D eigenvalue weighted by molar-refractivity contribution is 7.47. The van der Waals surface area contributed by atoms with Crippen LogP contribution in [-0.4, -0.2) is 96.7 Å². The number of carbonyl (C=O) groups excluding carboxylic acids is 4. The highest BCUT2D eigenvalue weighted by Gasteiger charge is 2.30. The molecule has 0 radical (unpaired) electrons. The maximum absolute atomic E-state index is 13.1. The van der Waals surface area contributed by atoms with Crippen LogP contribution in [0.15, 0.2) is 122 Å². The zero-order valence-electron chi connectivity index (χ0n) is 59.8. The third kappa shape index (κ3) is 68.0. The Bertz CT molecular complexity index is 2300. The Morgan fingerprint density at radius 1 is 0.312 bits per heavy atom. The first kappa shape index (κ1) is 91.5. The second kappa shape index (κ2) is 69.0. The van der Waals surface area contributed by atoms with Gasteiger partial charge in [-0.1, -0.05) is 271 Å². The number of hydrogen-bond acceptors (Lipinski definition) is 15. The van der Waals surface area contributed by atoms with Crippen LogP contribution in [0.5, 0.6) is 0 Å². The summed E-state index contributed by atoms with van der Waals surface area (Å²) in [5.41, 5.74) is 0. The molecule has 5 unspecified atom stereocenters. The number of rotatable bonds is 68. The van der Waals surface area contributed by atoms with Gasteiger partial charge in [0.2, 0.25) is 0 Å². The van der Waals surface area contributed by atoms with Gasteiger partial charge in [0.05, 0.1) is 32.8 Å². The minimum absolute atomic E-state index is 0.0570. The Labute approximate surface area is 581 Å². The molecule has 0 aromatic rings. The summed E-state index contributed by atoms with van der Waals surface area (Å²) >= 11 is 0. The van der Waals surface area contributed by atoms with Crippen LogP contribution in [0.2, 0.25) is 0 Å². The number of hydrogen-bond donors (Lipinski definition) is 3. The Morgan fingerprint density at radius 3 is 0.969 bits per heavy atom. The first-order chi connectivity index (χ1) is 46.7. The van der Waals surface area contributed by atoms with Gasteiger partial charge in [0.15, 0.2) is 12.2 Å². The maximum atomic E-state index is 13.1. The quantitative estimate of drug-likeness (QED) is 0.0169. The van der Waals surface area contributed by atoms with Crippen molar-refractivity contribution in [1.82, 2.24) is 0 Å². The smallest absolute Gasteiger partial charge is 0.462 e. The number of aliphatic hydroxyl groups is 1. The number of aliphatic hydroxyl groups excluding tert-OH is 1. The average Bonchev–Trinajstić information content (AvgIpc) is 1.14. The van der Waals surface area contributed by atoms with Crippen LogP contribution in [0.25, 0.3) is 0 Å². The summed E-state index contributed by atoms with van der Waals surface area (Å²) in [7, 11) is -9.98. The molecule has 0 aliphatic carbocycles. The molecule has 0 heterocycles. The summed E-state index contributed by atoms with van der Waals surface area (Å²) in [5, 5.41) is 10.6. The second-order valence-corrected chi connectivity index (χ2v) is 27.0. The summed E-state index contributed by atoms with van der Waals surface area (Å²) in [4.78, 5) is 72.7. The Kier molecular flexibility index (Phi) is 65.7. The van der Waals surface area contributed by atoms with Gasteiger partial charge in [-0.15, -0.1) is 0 Å². The number of phosphoric acid groups is 2. The minimum atomic E-state index is -5.00. The number of ether oxygens (including phenoxy) is 4. The SMILES string of the molecule is CC/C=C\C/C=C\C/C=C\C/C=C\C/C=C\CC(=O)OCC(COP(=O)(O)OCC(O)COP(=O)(O)OCC(COC(=O)CCCCCCC/C=C\C/C=C\C/C=C\CC)OC(=O)CCCCCCCCCCCCCCC)OC(=O)CCCCCCC/C=C\C/C=C\CCC. The predicted molar refractivity (Wildman–Crippen MR) is 390 cm³/mol. The van der Waals surface area contributed by atoms with E-state index in [-0.39, 0.29) is 25.7 Å². The summed E-state index contributed by atoms with van der Waals surface area (Å²) < 4.78 is 68.2. The first-order valence-electron chi connectivity index (χ1n) is 36.8. The van der Waals surface area contributed by atoms with E-state index in [0.29, 0.717) is 25.7 Å². The lowest BCUT2D eigenvalue weighted by atomic mass is 10.0. The highest BCUT2D eigenvalue weighted by Crippen LogP contribution is 2.45. The molecule has 19 heteroatoms. The molecule has 0 saturated carbocycles. The van der Waals surface area contributed by atoms with Crippen molar-refractivity contribution < 1.29 is 80.2 Å². The van der Waals surface area contributed by atoms with Gasteiger partial charge in [-0.3, -0.25) is 37.3 Å². The lowest BCUT2D eigenvalue weighted by Gasteiger charge is -2.21. The van der Waals surface area contributed by atoms with Gasteiger partial charge >= 0.3 is 39.5 Å². The summed E-state index contributed by atoms with van der Waals surface area (Å²) in [6.45, 7) is 4.42. The van der Waals surface area contributed by atoms with Crippen LogP contribution >= 0.6 is 15.6 Å². The molecule has 3 N–H and O–H groups in total. The summed E-state index contributed by atoms with van der Waals surface area (Å²) in [6, 6.07) is 0. The largest absolute Gasteiger partial charge is 0.472 e. The molecule has 0 rings (SSSR count).